The summed E-state index contributed by atoms with van der Waals surface area (Å²) in [5, 5.41) is 2.84. The summed E-state index contributed by atoms with van der Waals surface area (Å²) in [6.45, 7) is 3.27. The van der Waals surface area contributed by atoms with Crippen LogP contribution in [0, 0.1) is 11.2 Å². The second-order valence-electron chi connectivity index (χ2n) is 6.70. The maximum absolute atomic E-state index is 13.0. The van der Waals surface area contributed by atoms with E-state index < -0.39 is 5.41 Å². The Morgan fingerprint density at radius 2 is 1.69 bits per heavy atom. The number of nitrogens with zero attached hydrogens (tertiary/aromatic N) is 1. The third-order valence-electron chi connectivity index (χ3n) is 4.85. The first-order valence-electron chi connectivity index (χ1n) is 8.91. The molecule has 26 heavy (non-hydrogen) atoms. The van der Waals surface area contributed by atoms with Gasteiger partial charge >= 0.3 is 0 Å². The quantitative estimate of drug-likeness (QED) is 0.776. The Balaban J connectivity index is 1.63. The summed E-state index contributed by atoms with van der Waals surface area (Å²) in [5.41, 5.74) is 0.912. The van der Waals surface area contributed by atoms with Crippen LogP contribution in [0.1, 0.15) is 30.9 Å². The zero-order chi connectivity index (χ0) is 18.6. The van der Waals surface area contributed by atoms with E-state index in [1.54, 1.807) is 17.0 Å². The van der Waals surface area contributed by atoms with Gasteiger partial charge in [0.1, 0.15) is 11.2 Å². The van der Waals surface area contributed by atoms with Gasteiger partial charge in [-0.15, -0.1) is 0 Å². The molecule has 0 heterocycles. The van der Waals surface area contributed by atoms with Crippen LogP contribution in [0.3, 0.4) is 0 Å². The molecule has 0 spiro atoms. The van der Waals surface area contributed by atoms with Gasteiger partial charge in [-0.1, -0.05) is 42.5 Å². The lowest BCUT2D eigenvalue weighted by Crippen LogP contribution is -2.44. The molecule has 1 aliphatic carbocycles. The average Bonchev–Trinajstić information content (AvgIpc) is 3.48. The summed E-state index contributed by atoms with van der Waals surface area (Å²) < 4.78 is 13.0. The van der Waals surface area contributed by atoms with Crippen LogP contribution in [0.25, 0.3) is 0 Å². The van der Waals surface area contributed by atoms with Crippen LogP contribution >= 0.6 is 0 Å². The van der Waals surface area contributed by atoms with E-state index in [2.05, 4.69) is 5.32 Å². The minimum absolute atomic E-state index is 0.111. The van der Waals surface area contributed by atoms with Gasteiger partial charge in [0.15, 0.2) is 0 Å². The van der Waals surface area contributed by atoms with Crippen LogP contribution in [-0.2, 0) is 22.7 Å². The Labute approximate surface area is 153 Å². The lowest BCUT2D eigenvalue weighted by Gasteiger charge is -2.26. The van der Waals surface area contributed by atoms with Crippen LogP contribution in [0.2, 0.25) is 0 Å². The Hall–Kier alpha value is -2.69. The third kappa shape index (κ3) is 3.93. The first kappa shape index (κ1) is 18.1. The summed E-state index contributed by atoms with van der Waals surface area (Å²) >= 11 is 0. The molecule has 1 fully saturated rings. The monoisotopic (exact) mass is 354 g/mol. The number of rotatable bonds is 7. The van der Waals surface area contributed by atoms with E-state index >= 15 is 0 Å². The minimum atomic E-state index is -0.940. The van der Waals surface area contributed by atoms with Crippen LogP contribution in [-0.4, -0.2) is 23.3 Å². The molecule has 1 saturated carbocycles. The Morgan fingerprint density at radius 3 is 2.27 bits per heavy atom. The molecule has 0 unspecified atom stereocenters. The highest BCUT2D eigenvalue weighted by Crippen LogP contribution is 2.47. The van der Waals surface area contributed by atoms with Gasteiger partial charge in [0.05, 0.1) is 0 Å². The smallest absolute Gasteiger partial charge is 0.238 e. The van der Waals surface area contributed by atoms with Gasteiger partial charge in [-0.3, -0.25) is 9.59 Å². The minimum Gasteiger partial charge on any atom is -0.351 e. The molecule has 0 aliphatic heterocycles. The van der Waals surface area contributed by atoms with E-state index in [4.69, 9.17) is 0 Å². The lowest BCUT2D eigenvalue weighted by atomic mass is 10.0. The summed E-state index contributed by atoms with van der Waals surface area (Å²) in [6.07, 6.45) is 1.15. The van der Waals surface area contributed by atoms with Crippen LogP contribution in [0.4, 0.5) is 4.39 Å². The maximum Gasteiger partial charge on any atom is 0.238 e. The molecule has 0 radical (unpaired) electrons. The molecule has 3 rings (SSSR count). The number of amides is 2. The van der Waals surface area contributed by atoms with E-state index in [9.17, 15) is 14.0 Å². The van der Waals surface area contributed by atoms with Gasteiger partial charge in [-0.2, -0.15) is 0 Å². The average molecular weight is 354 g/mol. The van der Waals surface area contributed by atoms with Crippen LogP contribution < -0.4 is 5.32 Å². The first-order chi connectivity index (χ1) is 12.5. The standard InChI is InChI=1S/C21H23FN2O2/c1-2-24(15-17-6-4-3-5-7-17)20(26)21(12-13-21)19(25)23-14-16-8-10-18(22)11-9-16/h3-11H,2,12-15H2,1H3,(H,23,25). The third-order valence-corrected chi connectivity index (χ3v) is 4.85. The zero-order valence-electron chi connectivity index (χ0n) is 14.9. The molecule has 0 atom stereocenters. The highest BCUT2D eigenvalue weighted by atomic mass is 19.1. The first-order valence-corrected chi connectivity index (χ1v) is 8.91. The van der Waals surface area contributed by atoms with Crippen molar-refractivity contribution in [2.75, 3.05) is 6.54 Å². The van der Waals surface area contributed by atoms with Gasteiger partial charge in [-0.25, -0.2) is 4.39 Å². The van der Waals surface area contributed by atoms with Crippen molar-refractivity contribution in [2.24, 2.45) is 5.41 Å². The maximum atomic E-state index is 13.0. The number of carbonyl (C=O) groups excluding carboxylic acids is 2. The van der Waals surface area contributed by atoms with Crippen molar-refractivity contribution in [3.05, 3.63) is 71.5 Å². The second kappa shape index (κ2) is 7.68. The Bertz CT molecular complexity index is 770. The predicted octanol–water partition coefficient (Wildman–Crippen LogP) is 3.27. The summed E-state index contributed by atoms with van der Waals surface area (Å²) in [6, 6.07) is 15.7. The summed E-state index contributed by atoms with van der Waals surface area (Å²) in [5.74, 6) is -0.660. The zero-order valence-corrected chi connectivity index (χ0v) is 14.9. The largest absolute Gasteiger partial charge is 0.351 e. The van der Waals surface area contributed by atoms with Crippen molar-refractivity contribution >= 4 is 11.8 Å². The molecule has 2 aromatic carbocycles. The molecule has 2 aromatic rings. The summed E-state index contributed by atoms with van der Waals surface area (Å²) in [7, 11) is 0. The van der Waals surface area contributed by atoms with E-state index in [1.807, 2.05) is 37.3 Å². The molecule has 0 bridgehead atoms. The molecule has 2 amide bonds. The fraction of sp³-hybridized carbons (Fsp3) is 0.333. The number of halogens is 1. The van der Waals surface area contributed by atoms with Gasteiger partial charge < -0.3 is 10.2 Å². The van der Waals surface area contributed by atoms with Crippen molar-refractivity contribution in [3.63, 3.8) is 0 Å². The Kier molecular flexibility index (Phi) is 5.35. The number of hydrogen-bond acceptors (Lipinski definition) is 2. The van der Waals surface area contributed by atoms with Crippen LogP contribution in [0.15, 0.2) is 54.6 Å². The van der Waals surface area contributed by atoms with Crippen molar-refractivity contribution in [2.45, 2.75) is 32.9 Å². The van der Waals surface area contributed by atoms with E-state index in [0.717, 1.165) is 11.1 Å². The molecule has 1 N–H and O–H groups in total. The van der Waals surface area contributed by atoms with Crippen molar-refractivity contribution in [1.82, 2.24) is 10.2 Å². The van der Waals surface area contributed by atoms with Gasteiger partial charge in [0.2, 0.25) is 11.8 Å². The predicted molar refractivity (Wildman–Crippen MR) is 97.4 cm³/mol. The van der Waals surface area contributed by atoms with E-state index in [1.165, 1.54) is 12.1 Å². The number of carbonyl (C=O) groups is 2. The molecule has 0 saturated heterocycles. The second-order valence-corrected chi connectivity index (χ2v) is 6.70. The van der Waals surface area contributed by atoms with Crippen LogP contribution in [0.5, 0.6) is 0 Å². The normalized spacial score (nSPS) is 14.5. The topological polar surface area (TPSA) is 49.4 Å². The summed E-state index contributed by atoms with van der Waals surface area (Å²) in [4.78, 5) is 27.4. The highest BCUT2D eigenvalue weighted by Gasteiger charge is 2.57. The molecule has 4 nitrogen and oxygen atoms in total. The van der Waals surface area contributed by atoms with Crippen molar-refractivity contribution in [1.29, 1.82) is 0 Å². The molecule has 5 heteroatoms. The molecule has 0 aromatic heterocycles. The fourth-order valence-corrected chi connectivity index (χ4v) is 3.05. The fourth-order valence-electron chi connectivity index (χ4n) is 3.05. The number of benzene rings is 2. The highest BCUT2D eigenvalue weighted by molar-refractivity contribution is 6.07. The van der Waals surface area contributed by atoms with Gasteiger partial charge in [-0.05, 0) is 43.0 Å². The molecular formula is C21H23FN2O2. The van der Waals surface area contributed by atoms with E-state index in [0.29, 0.717) is 32.5 Å². The molecular weight excluding hydrogens is 331 g/mol. The lowest BCUT2D eigenvalue weighted by molar-refractivity contribution is -0.144. The van der Waals surface area contributed by atoms with Crippen molar-refractivity contribution in [3.8, 4) is 0 Å². The molecule has 136 valence electrons. The van der Waals surface area contributed by atoms with E-state index in [-0.39, 0.29) is 17.6 Å². The number of nitrogens with one attached hydrogen (secondary N) is 1. The van der Waals surface area contributed by atoms with Crippen molar-refractivity contribution < 1.29 is 14.0 Å². The Morgan fingerprint density at radius 1 is 1.04 bits per heavy atom. The van der Waals surface area contributed by atoms with Gasteiger partial charge in [0.25, 0.3) is 0 Å². The SMILES string of the molecule is CCN(Cc1ccccc1)C(=O)C1(C(=O)NCc2ccc(F)cc2)CC1. The molecule has 1 aliphatic rings. The van der Waals surface area contributed by atoms with Gasteiger partial charge in [0, 0.05) is 19.6 Å². The number of hydrogen-bond donors (Lipinski definition) is 1.